The zero-order chi connectivity index (χ0) is 15.1. The summed E-state index contributed by atoms with van der Waals surface area (Å²) in [4.78, 5) is 25.3. The molecule has 2 amide bonds. The Morgan fingerprint density at radius 3 is 2.62 bits per heavy atom. The Balaban J connectivity index is 1.81. The molecule has 0 saturated heterocycles. The Kier molecular flexibility index (Phi) is 3.78. The van der Waals surface area contributed by atoms with E-state index in [2.05, 4.69) is 5.32 Å². The molecule has 2 bridgehead atoms. The second kappa shape index (κ2) is 5.44. The van der Waals surface area contributed by atoms with Gasteiger partial charge in [-0.2, -0.15) is 0 Å². The number of aryl methyl sites for hydroxylation is 1. The molecule has 0 spiro atoms. The van der Waals surface area contributed by atoms with Gasteiger partial charge >= 0.3 is 0 Å². The number of amides is 2. The monoisotopic (exact) mass is 306 g/mol. The molecule has 1 aromatic rings. The normalized spacial score (nSPS) is 27.0. The highest BCUT2D eigenvalue weighted by Gasteiger charge is 2.43. The summed E-state index contributed by atoms with van der Waals surface area (Å²) < 4.78 is 0. The molecular formula is C16H22N2O2S. The highest BCUT2D eigenvalue weighted by atomic mass is 32.1. The van der Waals surface area contributed by atoms with Gasteiger partial charge in [-0.25, -0.2) is 0 Å². The van der Waals surface area contributed by atoms with Crippen LogP contribution in [0.1, 0.15) is 53.4 Å². The zero-order valence-electron chi connectivity index (χ0n) is 12.6. The van der Waals surface area contributed by atoms with E-state index in [9.17, 15) is 9.59 Å². The summed E-state index contributed by atoms with van der Waals surface area (Å²) in [5.41, 5.74) is 6.99. The van der Waals surface area contributed by atoms with Crippen LogP contribution in [0.4, 0.5) is 5.00 Å². The van der Waals surface area contributed by atoms with Crippen LogP contribution in [0, 0.1) is 24.7 Å². The van der Waals surface area contributed by atoms with E-state index in [1.807, 2.05) is 13.8 Å². The molecule has 114 valence electrons. The number of hydrogen-bond acceptors (Lipinski definition) is 3. The van der Waals surface area contributed by atoms with Crippen molar-refractivity contribution >= 4 is 28.2 Å². The molecule has 2 fully saturated rings. The molecule has 0 radical (unpaired) electrons. The van der Waals surface area contributed by atoms with E-state index < -0.39 is 5.91 Å². The Hall–Kier alpha value is -1.36. The maximum absolute atomic E-state index is 12.5. The first-order valence-corrected chi connectivity index (χ1v) is 8.55. The largest absolute Gasteiger partial charge is 0.365 e. The topological polar surface area (TPSA) is 72.2 Å². The van der Waals surface area contributed by atoms with E-state index in [0.717, 1.165) is 29.2 Å². The Morgan fingerprint density at radius 2 is 2.10 bits per heavy atom. The standard InChI is InChI=1S/C16H22N2O2S/c1-3-11-8(2)21-16(13(11)14(17)19)18-15(20)12-7-9-4-5-10(12)6-9/h9-10,12H,3-7H2,1-2H3,(H2,17,19)(H,18,20)/t9-,10-,12+/m1/s1. The molecule has 1 aromatic heterocycles. The van der Waals surface area contributed by atoms with Gasteiger partial charge in [-0.1, -0.05) is 13.3 Å². The lowest BCUT2D eigenvalue weighted by Crippen LogP contribution is -2.28. The molecule has 3 rings (SSSR count). The number of rotatable bonds is 4. The number of carbonyl (C=O) groups excluding carboxylic acids is 2. The van der Waals surface area contributed by atoms with Crippen molar-refractivity contribution in [2.75, 3.05) is 5.32 Å². The van der Waals surface area contributed by atoms with Crippen molar-refractivity contribution in [1.29, 1.82) is 0 Å². The van der Waals surface area contributed by atoms with Gasteiger partial charge in [0.15, 0.2) is 0 Å². The summed E-state index contributed by atoms with van der Waals surface area (Å²) in [5.74, 6) is 1.03. The molecule has 3 N–H and O–H groups in total. The zero-order valence-corrected chi connectivity index (χ0v) is 13.4. The van der Waals surface area contributed by atoms with Crippen molar-refractivity contribution in [3.8, 4) is 0 Å². The fraction of sp³-hybridized carbons (Fsp3) is 0.625. The predicted octanol–water partition coefficient (Wildman–Crippen LogP) is 3.09. The summed E-state index contributed by atoms with van der Waals surface area (Å²) in [6.45, 7) is 3.98. The maximum atomic E-state index is 12.5. The minimum absolute atomic E-state index is 0.0774. The molecule has 4 nitrogen and oxygen atoms in total. The van der Waals surface area contributed by atoms with Crippen LogP contribution >= 0.6 is 11.3 Å². The molecule has 0 aromatic carbocycles. The van der Waals surface area contributed by atoms with E-state index in [4.69, 9.17) is 5.73 Å². The summed E-state index contributed by atoms with van der Waals surface area (Å²) in [6.07, 6.45) is 5.41. The number of nitrogens with one attached hydrogen (secondary N) is 1. The smallest absolute Gasteiger partial charge is 0.251 e. The van der Waals surface area contributed by atoms with Crippen molar-refractivity contribution in [3.63, 3.8) is 0 Å². The van der Waals surface area contributed by atoms with Crippen molar-refractivity contribution in [2.45, 2.75) is 46.0 Å². The summed E-state index contributed by atoms with van der Waals surface area (Å²) in [7, 11) is 0. The second-order valence-electron chi connectivity index (χ2n) is 6.33. The van der Waals surface area contributed by atoms with Crippen LogP contribution in [0.15, 0.2) is 0 Å². The van der Waals surface area contributed by atoms with Gasteiger partial charge in [0.25, 0.3) is 5.91 Å². The number of nitrogens with two attached hydrogens (primary N) is 1. The average Bonchev–Trinajstić information content (AvgIpc) is 3.11. The van der Waals surface area contributed by atoms with Gasteiger partial charge in [0.2, 0.25) is 5.91 Å². The van der Waals surface area contributed by atoms with Crippen LogP contribution in [-0.4, -0.2) is 11.8 Å². The third-order valence-electron chi connectivity index (χ3n) is 5.12. The first kappa shape index (κ1) is 14.6. The maximum Gasteiger partial charge on any atom is 0.251 e. The quantitative estimate of drug-likeness (QED) is 0.897. The minimum atomic E-state index is -0.445. The van der Waals surface area contributed by atoms with Crippen molar-refractivity contribution < 1.29 is 9.59 Å². The predicted molar refractivity (Wildman–Crippen MR) is 84.5 cm³/mol. The lowest BCUT2D eigenvalue weighted by molar-refractivity contribution is -0.121. The number of thiophene rings is 1. The summed E-state index contributed by atoms with van der Waals surface area (Å²) in [5, 5.41) is 3.64. The van der Waals surface area contributed by atoms with Crippen molar-refractivity contribution in [1.82, 2.24) is 0 Å². The fourth-order valence-corrected chi connectivity index (χ4v) is 5.28. The molecule has 5 heteroatoms. The van der Waals surface area contributed by atoms with Gasteiger partial charge < -0.3 is 11.1 Å². The van der Waals surface area contributed by atoms with Crippen LogP contribution < -0.4 is 11.1 Å². The minimum Gasteiger partial charge on any atom is -0.365 e. The SMILES string of the molecule is CCc1c(C)sc(NC(=O)[C@H]2C[C@@H]3CC[C@@H]2C3)c1C(N)=O. The van der Waals surface area contributed by atoms with Gasteiger partial charge in [0.1, 0.15) is 5.00 Å². The Labute approximate surface area is 129 Å². The summed E-state index contributed by atoms with van der Waals surface area (Å²) >= 11 is 1.47. The summed E-state index contributed by atoms with van der Waals surface area (Å²) in [6, 6.07) is 0. The average molecular weight is 306 g/mol. The fourth-order valence-electron chi connectivity index (χ4n) is 4.12. The highest BCUT2D eigenvalue weighted by Crippen LogP contribution is 2.48. The van der Waals surface area contributed by atoms with Crippen molar-refractivity contribution in [2.24, 2.45) is 23.5 Å². The van der Waals surface area contributed by atoms with Crippen LogP contribution in [0.2, 0.25) is 0 Å². The number of fused-ring (bicyclic) bond motifs is 2. The molecule has 21 heavy (non-hydrogen) atoms. The molecular weight excluding hydrogens is 284 g/mol. The number of hydrogen-bond donors (Lipinski definition) is 2. The van der Waals surface area contributed by atoms with E-state index in [0.29, 0.717) is 16.5 Å². The van der Waals surface area contributed by atoms with E-state index in [-0.39, 0.29) is 11.8 Å². The van der Waals surface area contributed by atoms with Crippen LogP contribution in [0.3, 0.4) is 0 Å². The molecule has 2 aliphatic rings. The molecule has 2 saturated carbocycles. The van der Waals surface area contributed by atoms with Crippen LogP contribution in [-0.2, 0) is 11.2 Å². The molecule has 3 atom stereocenters. The Morgan fingerprint density at radius 1 is 1.33 bits per heavy atom. The van der Waals surface area contributed by atoms with Gasteiger partial charge in [-0.3, -0.25) is 9.59 Å². The van der Waals surface area contributed by atoms with Crippen molar-refractivity contribution in [3.05, 3.63) is 16.0 Å². The third-order valence-corrected chi connectivity index (χ3v) is 6.18. The Bertz CT molecular complexity index is 593. The number of carbonyl (C=O) groups is 2. The molecule has 2 aliphatic carbocycles. The third kappa shape index (κ3) is 2.48. The highest BCUT2D eigenvalue weighted by molar-refractivity contribution is 7.16. The van der Waals surface area contributed by atoms with Gasteiger partial charge in [0.05, 0.1) is 5.56 Å². The van der Waals surface area contributed by atoms with E-state index >= 15 is 0 Å². The molecule has 0 aliphatic heterocycles. The second-order valence-corrected chi connectivity index (χ2v) is 7.55. The van der Waals surface area contributed by atoms with Crippen LogP contribution in [0.25, 0.3) is 0 Å². The van der Waals surface area contributed by atoms with Gasteiger partial charge in [-0.05, 0) is 50.0 Å². The van der Waals surface area contributed by atoms with Gasteiger partial charge in [-0.15, -0.1) is 11.3 Å². The first-order valence-electron chi connectivity index (χ1n) is 7.74. The van der Waals surface area contributed by atoms with Gasteiger partial charge in [0, 0.05) is 10.8 Å². The first-order chi connectivity index (χ1) is 10.0. The number of primary amides is 1. The lowest BCUT2D eigenvalue weighted by atomic mass is 9.88. The van der Waals surface area contributed by atoms with E-state index in [1.54, 1.807) is 0 Å². The molecule has 1 heterocycles. The lowest BCUT2D eigenvalue weighted by Gasteiger charge is -2.20. The molecule has 0 unspecified atom stereocenters. The number of anilines is 1. The van der Waals surface area contributed by atoms with Crippen LogP contribution in [0.5, 0.6) is 0 Å². The van der Waals surface area contributed by atoms with E-state index in [1.165, 1.54) is 30.6 Å².